The van der Waals surface area contributed by atoms with Gasteiger partial charge in [0, 0.05) is 25.9 Å². The first-order chi connectivity index (χ1) is 11.1. The number of pyridine rings is 1. The van der Waals surface area contributed by atoms with E-state index in [-0.39, 0.29) is 5.91 Å². The number of aromatic nitrogens is 3. The number of aromatic amines is 1. The van der Waals surface area contributed by atoms with Gasteiger partial charge in [-0.3, -0.25) is 4.79 Å². The van der Waals surface area contributed by atoms with E-state index in [1.54, 1.807) is 37.3 Å². The monoisotopic (exact) mass is 309 g/mol. The topological polar surface area (TPSA) is 73.9 Å². The van der Waals surface area contributed by atoms with Crippen molar-refractivity contribution >= 4 is 22.8 Å². The van der Waals surface area contributed by atoms with Crippen molar-refractivity contribution in [2.45, 2.75) is 13.5 Å². The molecule has 3 rings (SSSR count). The number of anilines is 1. The van der Waals surface area contributed by atoms with Gasteiger partial charge in [-0.25, -0.2) is 9.97 Å². The van der Waals surface area contributed by atoms with Crippen molar-refractivity contribution in [3.05, 3.63) is 53.5 Å². The maximum atomic E-state index is 12.5. The highest BCUT2D eigenvalue weighted by Gasteiger charge is 2.14. The molecule has 0 aliphatic rings. The zero-order valence-electron chi connectivity index (χ0n) is 13.4. The Bertz CT molecular complexity index is 855. The van der Waals surface area contributed by atoms with Crippen LogP contribution in [0.25, 0.3) is 11.0 Å². The molecule has 6 nitrogen and oxygen atoms in total. The lowest BCUT2D eigenvalue weighted by Gasteiger charge is -2.16. The predicted octanol–water partition coefficient (Wildman–Crippen LogP) is 2.58. The zero-order chi connectivity index (χ0) is 16.4. The van der Waals surface area contributed by atoms with Crippen LogP contribution in [0.15, 0.2) is 36.5 Å². The molecular weight excluding hydrogens is 290 g/mol. The van der Waals surface area contributed by atoms with E-state index in [2.05, 4.69) is 26.3 Å². The smallest absolute Gasteiger partial charge is 0.254 e. The van der Waals surface area contributed by atoms with Crippen LogP contribution < -0.4 is 5.32 Å². The van der Waals surface area contributed by atoms with Gasteiger partial charge in [-0.15, -0.1) is 0 Å². The van der Waals surface area contributed by atoms with Crippen LogP contribution in [0, 0.1) is 6.92 Å². The van der Waals surface area contributed by atoms with E-state index < -0.39 is 0 Å². The number of benzene rings is 1. The van der Waals surface area contributed by atoms with Crippen molar-refractivity contribution in [3.63, 3.8) is 0 Å². The molecule has 0 aliphatic heterocycles. The van der Waals surface area contributed by atoms with E-state index in [0.29, 0.717) is 17.9 Å². The summed E-state index contributed by atoms with van der Waals surface area (Å²) < 4.78 is 0. The van der Waals surface area contributed by atoms with E-state index in [1.165, 1.54) is 5.56 Å². The Balaban J connectivity index is 1.79. The van der Waals surface area contributed by atoms with Crippen molar-refractivity contribution in [3.8, 4) is 0 Å². The summed E-state index contributed by atoms with van der Waals surface area (Å²) in [6, 6.07) is 9.50. The molecule has 118 valence electrons. The SMILES string of the molecule is CNc1cc(C(=O)N(C)Cc2nc3ccc(C)cc3[nH]2)ccn1. The number of aryl methyl sites for hydroxylation is 1. The first kappa shape index (κ1) is 15.0. The summed E-state index contributed by atoms with van der Waals surface area (Å²) in [5.41, 5.74) is 3.67. The third kappa shape index (κ3) is 3.15. The van der Waals surface area contributed by atoms with E-state index in [0.717, 1.165) is 16.9 Å². The Morgan fingerprint density at radius 2 is 2.13 bits per heavy atom. The van der Waals surface area contributed by atoms with Gasteiger partial charge in [0.05, 0.1) is 17.6 Å². The highest BCUT2D eigenvalue weighted by Crippen LogP contribution is 2.15. The summed E-state index contributed by atoms with van der Waals surface area (Å²) in [6.45, 7) is 2.46. The van der Waals surface area contributed by atoms with Crippen LogP contribution in [-0.4, -0.2) is 39.9 Å². The number of nitrogens with one attached hydrogen (secondary N) is 2. The Morgan fingerprint density at radius 3 is 2.91 bits per heavy atom. The number of fused-ring (bicyclic) bond motifs is 1. The molecule has 2 heterocycles. The summed E-state index contributed by atoms with van der Waals surface area (Å²) in [6.07, 6.45) is 1.62. The molecular formula is C17H19N5O. The lowest BCUT2D eigenvalue weighted by Crippen LogP contribution is -2.26. The first-order valence-electron chi connectivity index (χ1n) is 7.41. The maximum absolute atomic E-state index is 12.5. The van der Waals surface area contributed by atoms with E-state index in [9.17, 15) is 4.79 Å². The standard InChI is InChI=1S/C17H19N5O/c1-11-4-5-13-14(8-11)21-16(20-13)10-22(3)17(23)12-6-7-19-15(9-12)18-2/h4-9H,10H2,1-3H3,(H,18,19)(H,20,21). The van der Waals surface area contributed by atoms with Gasteiger partial charge in [0.25, 0.3) is 5.91 Å². The normalized spacial score (nSPS) is 10.7. The van der Waals surface area contributed by atoms with E-state index in [4.69, 9.17) is 0 Å². The first-order valence-corrected chi connectivity index (χ1v) is 7.41. The minimum absolute atomic E-state index is 0.0689. The van der Waals surface area contributed by atoms with Gasteiger partial charge < -0.3 is 15.2 Å². The molecule has 23 heavy (non-hydrogen) atoms. The molecule has 0 bridgehead atoms. The molecule has 0 fully saturated rings. The molecule has 0 atom stereocenters. The fraction of sp³-hybridized carbons (Fsp3) is 0.235. The molecule has 1 aromatic carbocycles. The number of carbonyl (C=O) groups is 1. The van der Waals surface area contributed by atoms with Crippen LogP contribution >= 0.6 is 0 Å². The number of carbonyl (C=O) groups excluding carboxylic acids is 1. The molecule has 3 aromatic rings. The number of amides is 1. The number of rotatable bonds is 4. The van der Waals surface area contributed by atoms with E-state index in [1.807, 2.05) is 19.1 Å². The molecule has 1 amide bonds. The van der Waals surface area contributed by atoms with Crippen LogP contribution in [0.3, 0.4) is 0 Å². The van der Waals surface area contributed by atoms with Crippen LogP contribution in [0.5, 0.6) is 0 Å². The van der Waals surface area contributed by atoms with Gasteiger partial charge >= 0.3 is 0 Å². The van der Waals surface area contributed by atoms with Gasteiger partial charge in [-0.05, 0) is 36.8 Å². The highest BCUT2D eigenvalue weighted by molar-refractivity contribution is 5.94. The van der Waals surface area contributed by atoms with Crippen molar-refractivity contribution < 1.29 is 4.79 Å². The van der Waals surface area contributed by atoms with E-state index >= 15 is 0 Å². The fourth-order valence-electron chi connectivity index (χ4n) is 2.47. The molecule has 0 saturated heterocycles. The summed E-state index contributed by atoms with van der Waals surface area (Å²) in [7, 11) is 3.54. The summed E-state index contributed by atoms with van der Waals surface area (Å²) in [5, 5.41) is 2.93. The molecule has 0 radical (unpaired) electrons. The molecule has 0 unspecified atom stereocenters. The van der Waals surface area contributed by atoms with Crippen molar-refractivity contribution in [1.29, 1.82) is 0 Å². The van der Waals surface area contributed by atoms with Crippen LogP contribution in [-0.2, 0) is 6.54 Å². The molecule has 0 aliphatic carbocycles. The van der Waals surface area contributed by atoms with Gasteiger partial charge in [-0.2, -0.15) is 0 Å². The van der Waals surface area contributed by atoms with Crippen molar-refractivity contribution in [1.82, 2.24) is 19.9 Å². The molecule has 2 aromatic heterocycles. The van der Waals surface area contributed by atoms with Gasteiger partial charge in [0.15, 0.2) is 0 Å². The Labute approximate surface area is 134 Å². The third-order valence-corrected chi connectivity index (χ3v) is 3.68. The minimum Gasteiger partial charge on any atom is -0.373 e. The lowest BCUT2D eigenvalue weighted by molar-refractivity contribution is 0.0782. The van der Waals surface area contributed by atoms with Gasteiger partial charge in [-0.1, -0.05) is 6.07 Å². The number of nitrogens with zero attached hydrogens (tertiary/aromatic N) is 3. The minimum atomic E-state index is -0.0689. The number of H-pyrrole nitrogens is 1. The molecule has 6 heteroatoms. The highest BCUT2D eigenvalue weighted by atomic mass is 16.2. The van der Waals surface area contributed by atoms with Crippen LogP contribution in [0.1, 0.15) is 21.7 Å². The lowest BCUT2D eigenvalue weighted by atomic mass is 10.2. The largest absolute Gasteiger partial charge is 0.373 e. The summed E-state index contributed by atoms with van der Waals surface area (Å²) in [5.74, 6) is 1.37. The van der Waals surface area contributed by atoms with Crippen LogP contribution in [0.4, 0.5) is 5.82 Å². The predicted molar refractivity (Wildman–Crippen MR) is 90.4 cm³/mol. The number of hydrogen-bond acceptors (Lipinski definition) is 4. The van der Waals surface area contributed by atoms with Crippen molar-refractivity contribution in [2.75, 3.05) is 19.4 Å². The summed E-state index contributed by atoms with van der Waals surface area (Å²) in [4.78, 5) is 26.1. The van der Waals surface area contributed by atoms with Gasteiger partial charge in [0.2, 0.25) is 0 Å². The Hall–Kier alpha value is -2.89. The Kier molecular flexibility index (Phi) is 3.97. The maximum Gasteiger partial charge on any atom is 0.254 e. The number of hydrogen-bond donors (Lipinski definition) is 2. The second-order valence-electron chi connectivity index (χ2n) is 5.55. The second kappa shape index (κ2) is 6.08. The fourth-order valence-corrected chi connectivity index (χ4v) is 2.47. The molecule has 0 saturated carbocycles. The second-order valence-corrected chi connectivity index (χ2v) is 5.55. The van der Waals surface area contributed by atoms with Crippen molar-refractivity contribution in [2.24, 2.45) is 0 Å². The average Bonchev–Trinajstić information content (AvgIpc) is 2.95. The van der Waals surface area contributed by atoms with Gasteiger partial charge in [0.1, 0.15) is 11.6 Å². The quantitative estimate of drug-likeness (QED) is 0.777. The molecule has 0 spiro atoms. The Morgan fingerprint density at radius 1 is 1.30 bits per heavy atom. The average molecular weight is 309 g/mol. The van der Waals surface area contributed by atoms with Crippen LogP contribution in [0.2, 0.25) is 0 Å². The third-order valence-electron chi connectivity index (χ3n) is 3.68. The zero-order valence-corrected chi connectivity index (χ0v) is 13.4. The molecule has 2 N–H and O–H groups in total. The summed E-state index contributed by atoms with van der Waals surface area (Å²) >= 11 is 0. The number of imidazole rings is 1.